The van der Waals surface area contributed by atoms with Crippen molar-refractivity contribution in [1.82, 2.24) is 4.90 Å². The van der Waals surface area contributed by atoms with Crippen molar-refractivity contribution in [3.05, 3.63) is 93.6 Å². The maximum atomic E-state index is 13.9. The fourth-order valence-corrected chi connectivity index (χ4v) is 4.45. The van der Waals surface area contributed by atoms with E-state index in [1.54, 1.807) is 48.5 Å². The number of imide groups is 1. The van der Waals surface area contributed by atoms with Gasteiger partial charge in [0.15, 0.2) is 11.5 Å². The standard InChI is InChI=1S/C28H25FN2O5S/c1-17-8-10-21(12-18(17)2)30-26(32)15-31-27(33)25(37-28(31)34)14-19-9-11-23(24(13-19)35-3)36-16-20-6-4-5-7-22(20)29/h4-14H,15-16H2,1-3H3,(H,30,32)/b25-14+. The Labute approximate surface area is 218 Å². The number of aryl methyl sites for hydroxylation is 2. The fourth-order valence-electron chi connectivity index (χ4n) is 3.62. The molecule has 0 aliphatic carbocycles. The number of hydrogen-bond donors (Lipinski definition) is 1. The van der Waals surface area contributed by atoms with Gasteiger partial charge in [-0.15, -0.1) is 0 Å². The van der Waals surface area contributed by atoms with Gasteiger partial charge in [0.25, 0.3) is 11.1 Å². The highest BCUT2D eigenvalue weighted by Crippen LogP contribution is 2.35. The van der Waals surface area contributed by atoms with Crippen LogP contribution in [0.25, 0.3) is 6.08 Å². The van der Waals surface area contributed by atoms with Crippen molar-refractivity contribution >= 4 is 40.6 Å². The highest BCUT2D eigenvalue weighted by molar-refractivity contribution is 8.18. The molecular formula is C28H25FN2O5S. The summed E-state index contributed by atoms with van der Waals surface area (Å²) in [6.07, 6.45) is 1.55. The van der Waals surface area contributed by atoms with Crippen LogP contribution in [0, 0.1) is 19.7 Å². The van der Waals surface area contributed by atoms with Crippen molar-refractivity contribution in [2.24, 2.45) is 0 Å². The number of benzene rings is 3. The molecule has 0 radical (unpaired) electrons. The summed E-state index contributed by atoms with van der Waals surface area (Å²) in [5.41, 5.74) is 3.71. The number of ether oxygens (including phenoxy) is 2. The minimum atomic E-state index is -0.552. The first-order valence-corrected chi connectivity index (χ1v) is 12.2. The molecule has 7 nitrogen and oxygen atoms in total. The van der Waals surface area contributed by atoms with Gasteiger partial charge in [-0.3, -0.25) is 19.3 Å². The quantitative estimate of drug-likeness (QED) is 0.383. The predicted octanol–water partition coefficient (Wildman–Crippen LogP) is 5.71. The lowest BCUT2D eigenvalue weighted by Crippen LogP contribution is -2.36. The van der Waals surface area contributed by atoms with Crippen molar-refractivity contribution in [1.29, 1.82) is 0 Å². The number of hydrogen-bond acceptors (Lipinski definition) is 6. The van der Waals surface area contributed by atoms with E-state index in [-0.39, 0.29) is 23.9 Å². The Hall–Kier alpha value is -4.11. The molecular weight excluding hydrogens is 495 g/mol. The van der Waals surface area contributed by atoms with Crippen LogP contribution in [0.15, 0.2) is 65.6 Å². The van der Waals surface area contributed by atoms with Gasteiger partial charge in [-0.1, -0.05) is 30.3 Å². The highest BCUT2D eigenvalue weighted by Gasteiger charge is 2.36. The minimum Gasteiger partial charge on any atom is -0.493 e. The first-order valence-electron chi connectivity index (χ1n) is 11.4. The summed E-state index contributed by atoms with van der Waals surface area (Å²) in [6.45, 7) is 3.53. The summed E-state index contributed by atoms with van der Waals surface area (Å²) >= 11 is 0.761. The topological polar surface area (TPSA) is 84.9 Å². The van der Waals surface area contributed by atoms with Crippen LogP contribution in [0.2, 0.25) is 0 Å². The van der Waals surface area contributed by atoms with Crippen LogP contribution in [0.5, 0.6) is 11.5 Å². The summed E-state index contributed by atoms with van der Waals surface area (Å²) < 4.78 is 25.0. The van der Waals surface area contributed by atoms with Crippen LogP contribution in [-0.2, 0) is 16.2 Å². The first-order chi connectivity index (χ1) is 17.7. The number of rotatable bonds is 8. The Morgan fingerprint density at radius 3 is 2.54 bits per heavy atom. The van der Waals surface area contributed by atoms with Crippen LogP contribution in [0.3, 0.4) is 0 Å². The molecule has 190 valence electrons. The van der Waals surface area contributed by atoms with E-state index in [1.165, 1.54) is 13.2 Å². The summed E-state index contributed by atoms with van der Waals surface area (Å²) in [5.74, 6) is -0.596. The lowest BCUT2D eigenvalue weighted by Gasteiger charge is -2.13. The summed E-state index contributed by atoms with van der Waals surface area (Å²) in [6, 6.07) is 16.8. The molecule has 3 amide bonds. The largest absolute Gasteiger partial charge is 0.493 e. The average molecular weight is 521 g/mol. The van der Waals surface area contributed by atoms with Gasteiger partial charge < -0.3 is 14.8 Å². The zero-order chi connectivity index (χ0) is 26.5. The summed E-state index contributed by atoms with van der Waals surface area (Å²) in [7, 11) is 1.47. The highest BCUT2D eigenvalue weighted by atomic mass is 32.2. The normalized spacial score (nSPS) is 14.3. The van der Waals surface area contributed by atoms with Crippen molar-refractivity contribution in [2.75, 3.05) is 19.0 Å². The number of halogens is 1. The van der Waals surface area contributed by atoms with Gasteiger partial charge in [0, 0.05) is 11.3 Å². The molecule has 0 spiro atoms. The number of nitrogens with zero attached hydrogens (tertiary/aromatic N) is 1. The number of nitrogens with one attached hydrogen (secondary N) is 1. The second kappa shape index (κ2) is 11.3. The van der Waals surface area contributed by atoms with Crippen molar-refractivity contribution < 1.29 is 28.2 Å². The third-order valence-electron chi connectivity index (χ3n) is 5.79. The smallest absolute Gasteiger partial charge is 0.294 e. The molecule has 0 bridgehead atoms. The fraction of sp³-hybridized carbons (Fsp3) is 0.179. The number of carbonyl (C=O) groups is 3. The van der Waals surface area contributed by atoms with Crippen LogP contribution < -0.4 is 14.8 Å². The molecule has 0 aromatic heterocycles. The second-order valence-electron chi connectivity index (χ2n) is 8.41. The lowest BCUT2D eigenvalue weighted by molar-refractivity contribution is -0.127. The maximum absolute atomic E-state index is 13.9. The molecule has 1 fully saturated rings. The van der Waals surface area contributed by atoms with E-state index in [4.69, 9.17) is 9.47 Å². The minimum absolute atomic E-state index is 0.0193. The zero-order valence-electron chi connectivity index (χ0n) is 20.5. The average Bonchev–Trinajstić information content (AvgIpc) is 3.13. The Bertz CT molecular complexity index is 1410. The second-order valence-corrected chi connectivity index (χ2v) is 9.40. The zero-order valence-corrected chi connectivity index (χ0v) is 21.4. The van der Waals surface area contributed by atoms with Gasteiger partial charge >= 0.3 is 0 Å². The maximum Gasteiger partial charge on any atom is 0.294 e. The molecule has 0 atom stereocenters. The van der Waals surface area contributed by atoms with Gasteiger partial charge in [-0.2, -0.15) is 0 Å². The Kier molecular flexibility index (Phi) is 7.93. The van der Waals surface area contributed by atoms with Gasteiger partial charge in [-0.25, -0.2) is 4.39 Å². The Morgan fingerprint density at radius 1 is 1.03 bits per heavy atom. The molecule has 1 aliphatic rings. The third-order valence-corrected chi connectivity index (χ3v) is 6.70. The molecule has 1 aliphatic heterocycles. The molecule has 3 aromatic carbocycles. The number of carbonyl (C=O) groups excluding carboxylic acids is 3. The van der Waals surface area contributed by atoms with E-state index in [9.17, 15) is 18.8 Å². The van der Waals surface area contributed by atoms with E-state index in [2.05, 4.69) is 5.32 Å². The Morgan fingerprint density at radius 2 is 1.81 bits per heavy atom. The molecule has 1 saturated heterocycles. The Balaban J connectivity index is 1.43. The van der Waals surface area contributed by atoms with Crippen molar-refractivity contribution in [3.63, 3.8) is 0 Å². The molecule has 0 unspecified atom stereocenters. The number of thioether (sulfide) groups is 1. The number of methoxy groups -OCH3 is 1. The summed E-state index contributed by atoms with van der Waals surface area (Å²) in [4.78, 5) is 38.9. The van der Waals surface area contributed by atoms with Crippen molar-refractivity contribution in [2.45, 2.75) is 20.5 Å². The van der Waals surface area contributed by atoms with Crippen LogP contribution in [0.1, 0.15) is 22.3 Å². The molecule has 3 aromatic rings. The molecule has 9 heteroatoms. The van der Waals surface area contributed by atoms with E-state index in [1.807, 2.05) is 26.0 Å². The molecule has 1 N–H and O–H groups in total. The van der Waals surface area contributed by atoms with Crippen LogP contribution in [0.4, 0.5) is 14.9 Å². The monoisotopic (exact) mass is 520 g/mol. The molecule has 0 saturated carbocycles. The van der Waals surface area contributed by atoms with Gasteiger partial charge in [0.2, 0.25) is 5.91 Å². The van der Waals surface area contributed by atoms with Gasteiger partial charge in [0.05, 0.1) is 12.0 Å². The lowest BCUT2D eigenvalue weighted by atomic mass is 10.1. The van der Waals surface area contributed by atoms with E-state index < -0.39 is 17.1 Å². The SMILES string of the molecule is COc1cc(/C=C2/SC(=O)N(CC(=O)Nc3ccc(C)c(C)c3)C2=O)ccc1OCc1ccccc1F. The number of amides is 3. The van der Waals surface area contributed by atoms with Crippen molar-refractivity contribution in [3.8, 4) is 11.5 Å². The van der Waals surface area contributed by atoms with E-state index >= 15 is 0 Å². The molecule has 37 heavy (non-hydrogen) atoms. The summed E-state index contributed by atoms with van der Waals surface area (Å²) in [5, 5.41) is 2.20. The molecule has 1 heterocycles. The van der Waals surface area contributed by atoms with Crippen LogP contribution >= 0.6 is 11.8 Å². The van der Waals surface area contributed by atoms with Gasteiger partial charge in [-0.05, 0) is 78.7 Å². The third kappa shape index (κ3) is 6.18. The van der Waals surface area contributed by atoms with Gasteiger partial charge in [0.1, 0.15) is 19.0 Å². The van der Waals surface area contributed by atoms with Crippen LogP contribution in [-0.4, -0.2) is 35.6 Å². The first kappa shape index (κ1) is 26.0. The predicted molar refractivity (Wildman–Crippen MR) is 141 cm³/mol. The van der Waals surface area contributed by atoms with E-state index in [0.29, 0.717) is 28.3 Å². The number of anilines is 1. The van der Waals surface area contributed by atoms with E-state index in [0.717, 1.165) is 27.8 Å². The molecule has 4 rings (SSSR count).